The average molecular weight is 124 g/mol. The summed E-state index contributed by atoms with van der Waals surface area (Å²) in [6.07, 6.45) is 9.66. The Labute approximate surface area is 59.7 Å². The molecule has 0 N–H and O–H groups in total. The van der Waals surface area contributed by atoms with Crippen LogP contribution in [0.4, 0.5) is 0 Å². The van der Waals surface area contributed by atoms with E-state index in [0.29, 0.717) is 0 Å². The van der Waals surface area contributed by atoms with Crippen LogP contribution in [0, 0.1) is 31.6 Å². The fourth-order valence-electron chi connectivity index (χ4n) is 0.501. The monoisotopic (exact) mass is 124 g/mol. The van der Waals surface area contributed by atoms with Crippen LogP contribution >= 0.6 is 0 Å². The predicted molar refractivity (Wildman–Crippen MR) is 42.3 cm³/mol. The summed E-state index contributed by atoms with van der Waals surface area (Å²) in [5.41, 5.74) is 0. The molecule has 0 unspecified atom stereocenters. The van der Waals surface area contributed by atoms with Crippen LogP contribution in [0.15, 0.2) is 0 Å². The normalized spacial score (nSPS) is 13.7. The van der Waals surface area contributed by atoms with E-state index in [4.69, 9.17) is 0 Å². The van der Waals surface area contributed by atoms with Crippen LogP contribution in [0.3, 0.4) is 0 Å². The molecule has 1 atom stereocenters. The third-order valence-electron chi connectivity index (χ3n) is 1.39. The molecule has 0 aromatic carbocycles. The van der Waals surface area contributed by atoms with Crippen molar-refractivity contribution >= 4 is 0 Å². The van der Waals surface area contributed by atoms with E-state index >= 15 is 0 Å². The summed E-state index contributed by atoms with van der Waals surface area (Å²) >= 11 is 0. The van der Waals surface area contributed by atoms with Gasteiger partial charge in [0.2, 0.25) is 0 Å². The van der Waals surface area contributed by atoms with E-state index in [1.54, 1.807) is 0 Å². The van der Waals surface area contributed by atoms with Crippen LogP contribution < -0.4 is 0 Å². The zero-order valence-electron chi connectivity index (χ0n) is 6.59. The van der Waals surface area contributed by atoms with Crippen molar-refractivity contribution in [2.45, 2.75) is 27.2 Å². The maximum Gasteiger partial charge on any atom is -0.0312 e. The lowest BCUT2D eigenvalue weighted by atomic mass is 10.0. The molecule has 0 heteroatoms. The fourth-order valence-corrected chi connectivity index (χ4v) is 0.501. The zero-order chi connectivity index (χ0) is 7.11. The van der Waals surface area contributed by atoms with E-state index in [2.05, 4.69) is 33.1 Å². The molecule has 0 heterocycles. The highest BCUT2D eigenvalue weighted by Gasteiger charge is 1.96. The first-order valence-electron chi connectivity index (χ1n) is 3.60. The van der Waals surface area contributed by atoms with Gasteiger partial charge in [-0.25, -0.2) is 0 Å². The first-order valence-corrected chi connectivity index (χ1v) is 3.60. The molecule has 0 aliphatic rings. The summed E-state index contributed by atoms with van der Waals surface area (Å²) in [5, 5.41) is 0. The molecule has 0 aromatic rings. The van der Waals surface area contributed by atoms with Gasteiger partial charge in [0.1, 0.15) is 0 Å². The predicted octanol–water partition coefficient (Wildman–Crippen LogP) is 2.87. The standard InChI is InChI=1S/C9H16/c1-4-6-7-8-9(3)5-2/h4,6-9H,5H2,1-3H3/t9-/m0/s1. The van der Waals surface area contributed by atoms with Gasteiger partial charge < -0.3 is 0 Å². The summed E-state index contributed by atoms with van der Waals surface area (Å²) in [5.74, 6) is 0.723. The molecule has 0 saturated heterocycles. The SMILES string of the molecule is C[CH][CH][CH][CH][C@@H](C)CC. The number of unbranched alkanes of at least 4 members (excludes halogenated alkanes) is 2. The first kappa shape index (κ1) is 9.00. The van der Waals surface area contributed by atoms with Crippen LogP contribution in [-0.2, 0) is 0 Å². The van der Waals surface area contributed by atoms with Crippen molar-refractivity contribution < 1.29 is 0 Å². The lowest BCUT2D eigenvalue weighted by Gasteiger charge is -2.04. The molecule has 4 radical (unpaired) electrons. The number of rotatable bonds is 5. The largest absolute Gasteiger partial charge is 0.0651 e. The highest BCUT2D eigenvalue weighted by atomic mass is 14.0. The Kier molecular flexibility index (Phi) is 6.12. The summed E-state index contributed by atoms with van der Waals surface area (Å²) in [7, 11) is 0. The summed E-state index contributed by atoms with van der Waals surface area (Å²) in [6.45, 7) is 6.45. The summed E-state index contributed by atoms with van der Waals surface area (Å²) in [4.78, 5) is 0. The van der Waals surface area contributed by atoms with Gasteiger partial charge in [-0.15, -0.1) is 0 Å². The Bertz CT molecular complexity index is 48.0. The minimum Gasteiger partial charge on any atom is -0.0651 e. The van der Waals surface area contributed by atoms with E-state index in [9.17, 15) is 0 Å². The van der Waals surface area contributed by atoms with E-state index < -0.39 is 0 Å². The van der Waals surface area contributed by atoms with Gasteiger partial charge in [0, 0.05) is 0 Å². The third-order valence-corrected chi connectivity index (χ3v) is 1.39. The number of hydrogen-bond donors (Lipinski definition) is 0. The quantitative estimate of drug-likeness (QED) is 0.494. The van der Waals surface area contributed by atoms with Crippen LogP contribution in [-0.4, -0.2) is 0 Å². The number of hydrogen-bond acceptors (Lipinski definition) is 0. The van der Waals surface area contributed by atoms with Gasteiger partial charge in [0.25, 0.3) is 0 Å². The van der Waals surface area contributed by atoms with Crippen LogP contribution in [0.5, 0.6) is 0 Å². The lowest BCUT2D eigenvalue weighted by Crippen LogP contribution is -1.93. The van der Waals surface area contributed by atoms with E-state index in [0.717, 1.165) is 5.92 Å². The minimum atomic E-state index is 0.723. The van der Waals surface area contributed by atoms with Crippen molar-refractivity contribution in [3.63, 3.8) is 0 Å². The molecule has 0 aromatic heterocycles. The maximum atomic E-state index is 2.22. The third kappa shape index (κ3) is 5.88. The van der Waals surface area contributed by atoms with Gasteiger partial charge in [0.05, 0.1) is 0 Å². The van der Waals surface area contributed by atoms with Crippen molar-refractivity contribution in [3.8, 4) is 0 Å². The second-order valence-corrected chi connectivity index (χ2v) is 2.30. The van der Waals surface area contributed by atoms with Gasteiger partial charge in [-0.05, 0) is 31.6 Å². The molecule has 9 heavy (non-hydrogen) atoms. The second kappa shape index (κ2) is 6.12. The summed E-state index contributed by atoms with van der Waals surface area (Å²) < 4.78 is 0. The molecule has 0 aliphatic heterocycles. The highest BCUT2D eigenvalue weighted by molar-refractivity contribution is 5.03. The highest BCUT2D eigenvalue weighted by Crippen LogP contribution is 2.08. The van der Waals surface area contributed by atoms with Crippen LogP contribution in [0.1, 0.15) is 27.2 Å². The van der Waals surface area contributed by atoms with Gasteiger partial charge >= 0.3 is 0 Å². The topological polar surface area (TPSA) is 0 Å². The molecule has 52 valence electrons. The average Bonchev–Trinajstić information content (AvgIpc) is 1.89. The molecule has 0 fully saturated rings. The van der Waals surface area contributed by atoms with Gasteiger partial charge in [-0.3, -0.25) is 0 Å². The molecule has 0 nitrogen and oxygen atoms in total. The van der Waals surface area contributed by atoms with Gasteiger partial charge in [0.15, 0.2) is 0 Å². The molecule has 0 saturated carbocycles. The van der Waals surface area contributed by atoms with E-state index in [1.165, 1.54) is 6.42 Å². The van der Waals surface area contributed by atoms with Crippen molar-refractivity contribution in [2.24, 2.45) is 5.92 Å². The molecular formula is C9H16. The van der Waals surface area contributed by atoms with Gasteiger partial charge in [-0.1, -0.05) is 27.2 Å². The Morgan fingerprint density at radius 2 is 2.00 bits per heavy atom. The van der Waals surface area contributed by atoms with Crippen LogP contribution in [0.25, 0.3) is 0 Å². The van der Waals surface area contributed by atoms with E-state index in [-0.39, 0.29) is 0 Å². The molecular weight excluding hydrogens is 108 g/mol. The molecule has 0 rings (SSSR count). The zero-order valence-corrected chi connectivity index (χ0v) is 6.59. The first-order chi connectivity index (χ1) is 4.31. The summed E-state index contributed by atoms with van der Waals surface area (Å²) in [6, 6.07) is 0. The van der Waals surface area contributed by atoms with Gasteiger partial charge in [-0.2, -0.15) is 0 Å². The fraction of sp³-hybridized carbons (Fsp3) is 0.556. The van der Waals surface area contributed by atoms with Crippen molar-refractivity contribution in [1.29, 1.82) is 0 Å². The second-order valence-electron chi connectivity index (χ2n) is 2.30. The minimum absolute atomic E-state index is 0.723. The Morgan fingerprint density at radius 1 is 1.33 bits per heavy atom. The Balaban J connectivity index is 2.88. The molecule has 0 bridgehead atoms. The van der Waals surface area contributed by atoms with Crippen molar-refractivity contribution in [3.05, 3.63) is 25.7 Å². The Hall–Kier alpha value is 0. The molecule has 0 amide bonds. The van der Waals surface area contributed by atoms with E-state index in [1.807, 2.05) is 13.3 Å². The van der Waals surface area contributed by atoms with Crippen LogP contribution in [0.2, 0.25) is 0 Å². The smallest absolute Gasteiger partial charge is 0.0312 e. The lowest BCUT2D eigenvalue weighted by molar-refractivity contribution is 0.655. The van der Waals surface area contributed by atoms with Crippen molar-refractivity contribution in [1.82, 2.24) is 0 Å². The molecule has 0 spiro atoms. The maximum absolute atomic E-state index is 2.22. The Morgan fingerprint density at radius 3 is 2.44 bits per heavy atom. The van der Waals surface area contributed by atoms with Crippen molar-refractivity contribution in [2.75, 3.05) is 0 Å². The molecule has 0 aliphatic carbocycles.